The first kappa shape index (κ1) is 18.2. The quantitative estimate of drug-likeness (QED) is 0.708. The molecule has 1 amide bonds. The minimum atomic E-state index is -0.245. The van der Waals surface area contributed by atoms with Crippen LogP contribution in [0.3, 0.4) is 0 Å². The number of nitrogens with zero attached hydrogens (tertiary/aromatic N) is 5. The monoisotopic (exact) mass is 380 g/mol. The minimum Gasteiger partial charge on any atom is -0.342 e. The van der Waals surface area contributed by atoms with Crippen molar-refractivity contribution >= 4 is 5.91 Å². The fraction of sp³-hybridized carbons (Fsp3) is 0.400. The Kier molecular flexibility index (Phi) is 5.36. The summed E-state index contributed by atoms with van der Waals surface area (Å²) in [5.41, 5.74) is 0.546. The van der Waals surface area contributed by atoms with Crippen LogP contribution in [0.15, 0.2) is 53.8 Å². The molecule has 8 heteroatoms. The van der Waals surface area contributed by atoms with Crippen LogP contribution in [0.5, 0.6) is 0 Å². The van der Waals surface area contributed by atoms with E-state index in [4.69, 9.17) is 0 Å². The Labute approximate surface area is 162 Å². The maximum absolute atomic E-state index is 12.7. The molecule has 8 nitrogen and oxygen atoms in total. The fourth-order valence-electron chi connectivity index (χ4n) is 3.81. The molecule has 1 aliphatic rings. The number of likely N-dealkylation sites (tertiary alicyclic amines) is 1. The minimum absolute atomic E-state index is 0.0468. The number of aromatic nitrogens is 5. The maximum Gasteiger partial charge on any atom is 0.347 e. The lowest BCUT2D eigenvalue weighted by Gasteiger charge is -2.32. The third kappa shape index (κ3) is 3.90. The Bertz CT molecular complexity index is 960. The van der Waals surface area contributed by atoms with E-state index in [0.717, 1.165) is 38.0 Å². The number of piperidine rings is 1. The molecule has 3 heterocycles. The number of benzene rings is 1. The Morgan fingerprint density at radius 2 is 2.11 bits per heavy atom. The summed E-state index contributed by atoms with van der Waals surface area (Å²) in [7, 11) is 0. The number of carbonyl (C=O) groups is 1. The molecule has 0 unspecified atom stereocenters. The van der Waals surface area contributed by atoms with Gasteiger partial charge in [0.25, 0.3) is 0 Å². The summed E-state index contributed by atoms with van der Waals surface area (Å²) >= 11 is 0. The van der Waals surface area contributed by atoms with Crippen LogP contribution in [-0.4, -0.2) is 48.2 Å². The van der Waals surface area contributed by atoms with Crippen molar-refractivity contribution in [3.8, 4) is 5.69 Å². The molecule has 3 aromatic rings. The van der Waals surface area contributed by atoms with Crippen molar-refractivity contribution in [3.05, 3.63) is 65.4 Å². The molecule has 1 fully saturated rings. The van der Waals surface area contributed by atoms with Gasteiger partial charge in [0.15, 0.2) is 0 Å². The number of nitrogens with one attached hydrogen (secondary N) is 1. The lowest BCUT2D eigenvalue weighted by molar-refractivity contribution is -0.132. The SMILES string of the molecule is O=C(CCCn1ccnc1)N1CCC[C@@H](c2n[nH]c(=O)n2-c2ccccc2)C1. The van der Waals surface area contributed by atoms with Gasteiger partial charge >= 0.3 is 5.69 Å². The van der Waals surface area contributed by atoms with Gasteiger partial charge in [-0.15, -0.1) is 0 Å². The van der Waals surface area contributed by atoms with Crippen LogP contribution >= 0.6 is 0 Å². The number of hydrogen-bond acceptors (Lipinski definition) is 4. The van der Waals surface area contributed by atoms with E-state index in [2.05, 4.69) is 15.2 Å². The lowest BCUT2D eigenvalue weighted by atomic mass is 9.96. The molecule has 0 saturated carbocycles. The Balaban J connectivity index is 1.43. The van der Waals surface area contributed by atoms with Crippen LogP contribution in [0.1, 0.15) is 37.4 Å². The Hall–Kier alpha value is -3.16. The number of H-pyrrole nitrogens is 1. The molecule has 1 N–H and O–H groups in total. The van der Waals surface area contributed by atoms with Crippen molar-refractivity contribution < 1.29 is 4.79 Å². The fourth-order valence-corrected chi connectivity index (χ4v) is 3.81. The molecule has 0 spiro atoms. The molecule has 0 bridgehead atoms. The van der Waals surface area contributed by atoms with Crippen LogP contribution in [-0.2, 0) is 11.3 Å². The van der Waals surface area contributed by atoms with Crippen molar-refractivity contribution in [2.75, 3.05) is 13.1 Å². The number of para-hydroxylation sites is 1. The van der Waals surface area contributed by atoms with Gasteiger partial charge in [-0.25, -0.2) is 19.4 Å². The summed E-state index contributed by atoms with van der Waals surface area (Å²) in [6.45, 7) is 2.15. The molecular formula is C20H24N6O2. The highest BCUT2D eigenvalue weighted by molar-refractivity contribution is 5.76. The number of hydrogen-bond donors (Lipinski definition) is 1. The van der Waals surface area contributed by atoms with Crippen LogP contribution in [0, 0.1) is 0 Å². The summed E-state index contributed by atoms with van der Waals surface area (Å²) < 4.78 is 3.60. The second-order valence-electron chi connectivity index (χ2n) is 7.14. The summed E-state index contributed by atoms with van der Waals surface area (Å²) in [5, 5.41) is 6.85. The van der Waals surface area contributed by atoms with E-state index in [-0.39, 0.29) is 17.5 Å². The highest BCUT2D eigenvalue weighted by Gasteiger charge is 2.28. The summed E-state index contributed by atoms with van der Waals surface area (Å²) in [6.07, 6.45) is 8.53. The molecule has 0 radical (unpaired) electrons. The van der Waals surface area contributed by atoms with Crippen LogP contribution in [0.4, 0.5) is 0 Å². The van der Waals surface area contributed by atoms with E-state index in [1.54, 1.807) is 17.1 Å². The van der Waals surface area contributed by atoms with Gasteiger partial charge in [0.1, 0.15) is 5.82 Å². The van der Waals surface area contributed by atoms with Gasteiger partial charge in [-0.05, 0) is 31.4 Å². The lowest BCUT2D eigenvalue weighted by Crippen LogP contribution is -2.40. The number of amides is 1. The van der Waals surface area contributed by atoms with Gasteiger partial charge in [-0.1, -0.05) is 18.2 Å². The zero-order chi connectivity index (χ0) is 19.3. The first-order valence-corrected chi connectivity index (χ1v) is 9.68. The van der Waals surface area contributed by atoms with Gasteiger partial charge in [-0.3, -0.25) is 4.79 Å². The van der Waals surface area contributed by atoms with E-state index in [1.807, 2.05) is 46.0 Å². The summed E-state index contributed by atoms with van der Waals surface area (Å²) in [6, 6.07) is 9.49. The van der Waals surface area contributed by atoms with Crippen LogP contribution in [0.25, 0.3) is 5.69 Å². The largest absolute Gasteiger partial charge is 0.347 e. The van der Waals surface area contributed by atoms with Crippen LogP contribution < -0.4 is 5.69 Å². The second-order valence-corrected chi connectivity index (χ2v) is 7.14. The molecule has 1 aliphatic heterocycles. The third-order valence-corrected chi connectivity index (χ3v) is 5.22. The van der Waals surface area contributed by atoms with Gasteiger partial charge in [0.05, 0.1) is 12.0 Å². The molecule has 146 valence electrons. The van der Waals surface area contributed by atoms with Gasteiger partial charge in [0, 0.05) is 44.4 Å². The average Bonchev–Trinajstić information content (AvgIpc) is 3.38. The van der Waals surface area contributed by atoms with E-state index >= 15 is 0 Å². The summed E-state index contributed by atoms with van der Waals surface area (Å²) in [5.74, 6) is 0.909. The smallest absolute Gasteiger partial charge is 0.342 e. The number of carbonyl (C=O) groups excluding carboxylic acids is 1. The van der Waals surface area contributed by atoms with Crippen molar-refractivity contribution in [3.63, 3.8) is 0 Å². The van der Waals surface area contributed by atoms with Crippen molar-refractivity contribution in [1.82, 2.24) is 29.2 Å². The molecule has 2 aromatic heterocycles. The van der Waals surface area contributed by atoms with Crippen molar-refractivity contribution in [1.29, 1.82) is 0 Å². The standard InChI is InChI=1S/C20H24N6O2/c27-18(9-5-11-24-13-10-21-15-24)25-12-4-6-16(14-25)19-22-23-20(28)26(19)17-7-2-1-3-8-17/h1-3,7-8,10,13,15-16H,4-6,9,11-12,14H2,(H,23,28)/t16-/m1/s1. The Morgan fingerprint density at radius 1 is 1.25 bits per heavy atom. The van der Waals surface area contributed by atoms with Crippen molar-refractivity contribution in [2.24, 2.45) is 0 Å². The predicted octanol–water partition coefficient (Wildman–Crippen LogP) is 1.94. The Morgan fingerprint density at radius 3 is 2.89 bits per heavy atom. The van der Waals surface area contributed by atoms with E-state index in [0.29, 0.717) is 18.8 Å². The number of imidazole rings is 1. The molecule has 4 rings (SSSR count). The molecule has 1 saturated heterocycles. The van der Waals surface area contributed by atoms with Crippen LogP contribution in [0.2, 0.25) is 0 Å². The average molecular weight is 380 g/mol. The zero-order valence-electron chi connectivity index (χ0n) is 15.7. The van der Waals surface area contributed by atoms with Gasteiger partial charge in [-0.2, -0.15) is 5.10 Å². The van der Waals surface area contributed by atoms with Gasteiger partial charge in [0.2, 0.25) is 5.91 Å². The van der Waals surface area contributed by atoms with Gasteiger partial charge < -0.3 is 9.47 Å². The number of aromatic amines is 1. The predicted molar refractivity (Wildman–Crippen MR) is 104 cm³/mol. The van der Waals surface area contributed by atoms with E-state index < -0.39 is 0 Å². The van der Waals surface area contributed by atoms with E-state index in [1.165, 1.54) is 0 Å². The zero-order valence-corrected chi connectivity index (χ0v) is 15.7. The van der Waals surface area contributed by atoms with Crippen molar-refractivity contribution in [2.45, 2.75) is 38.1 Å². The maximum atomic E-state index is 12.7. The molecule has 0 aliphatic carbocycles. The first-order chi connectivity index (χ1) is 13.7. The highest BCUT2D eigenvalue weighted by Crippen LogP contribution is 2.26. The number of aryl methyl sites for hydroxylation is 1. The molecule has 28 heavy (non-hydrogen) atoms. The molecular weight excluding hydrogens is 356 g/mol. The third-order valence-electron chi connectivity index (χ3n) is 5.22. The molecule has 1 atom stereocenters. The highest BCUT2D eigenvalue weighted by atomic mass is 16.2. The summed E-state index contributed by atoms with van der Waals surface area (Å²) in [4.78, 5) is 30.9. The second kappa shape index (κ2) is 8.24. The number of rotatable bonds is 6. The molecule has 1 aromatic carbocycles. The van der Waals surface area contributed by atoms with E-state index in [9.17, 15) is 9.59 Å². The first-order valence-electron chi connectivity index (χ1n) is 9.68. The normalized spacial score (nSPS) is 17.0. The topological polar surface area (TPSA) is 88.8 Å².